The number of carbonyl (C=O) groups excluding carboxylic acids is 1. The second-order valence-electron chi connectivity index (χ2n) is 5.33. The number of pyridine rings is 1. The molecular weight excluding hydrogens is 278 g/mol. The summed E-state index contributed by atoms with van der Waals surface area (Å²) < 4.78 is 0. The van der Waals surface area contributed by atoms with Crippen LogP contribution in [0.3, 0.4) is 0 Å². The molecule has 0 saturated carbocycles. The number of hydrogen-bond donors (Lipinski definition) is 2. The first kappa shape index (κ1) is 15.1. The SMILES string of the molecule is Cc1cc(NC(=O)N2CCC(C(C)O)CC2)cnc1Cl. The molecule has 2 N–H and O–H groups in total. The number of likely N-dealkylation sites (tertiary alicyclic amines) is 1. The molecule has 0 aromatic carbocycles. The summed E-state index contributed by atoms with van der Waals surface area (Å²) in [4.78, 5) is 17.9. The zero-order chi connectivity index (χ0) is 14.7. The van der Waals surface area contributed by atoms with Crippen LogP contribution in [0.1, 0.15) is 25.3 Å². The van der Waals surface area contributed by atoms with Crippen LogP contribution in [0.4, 0.5) is 10.5 Å². The van der Waals surface area contributed by atoms with Crippen LogP contribution in [0.25, 0.3) is 0 Å². The quantitative estimate of drug-likeness (QED) is 0.825. The molecule has 1 aromatic heterocycles. The van der Waals surface area contributed by atoms with Gasteiger partial charge in [0.1, 0.15) is 5.15 Å². The third-order valence-electron chi connectivity index (χ3n) is 3.77. The van der Waals surface area contributed by atoms with E-state index in [-0.39, 0.29) is 12.1 Å². The maximum atomic E-state index is 12.1. The van der Waals surface area contributed by atoms with Crippen molar-refractivity contribution in [2.24, 2.45) is 5.92 Å². The fraction of sp³-hybridized carbons (Fsp3) is 0.571. The monoisotopic (exact) mass is 297 g/mol. The topological polar surface area (TPSA) is 65.5 Å². The van der Waals surface area contributed by atoms with Crippen LogP contribution < -0.4 is 5.32 Å². The Morgan fingerprint density at radius 3 is 2.75 bits per heavy atom. The molecule has 20 heavy (non-hydrogen) atoms. The average molecular weight is 298 g/mol. The summed E-state index contributed by atoms with van der Waals surface area (Å²) in [7, 11) is 0. The van der Waals surface area contributed by atoms with Crippen molar-refractivity contribution in [2.75, 3.05) is 18.4 Å². The van der Waals surface area contributed by atoms with E-state index in [0.29, 0.717) is 29.8 Å². The van der Waals surface area contributed by atoms with Gasteiger partial charge in [-0.05, 0) is 44.2 Å². The van der Waals surface area contributed by atoms with Gasteiger partial charge in [0.2, 0.25) is 0 Å². The van der Waals surface area contributed by atoms with Gasteiger partial charge in [0.15, 0.2) is 0 Å². The number of nitrogens with one attached hydrogen (secondary N) is 1. The largest absolute Gasteiger partial charge is 0.393 e. The lowest BCUT2D eigenvalue weighted by molar-refractivity contribution is 0.0820. The summed E-state index contributed by atoms with van der Waals surface area (Å²) in [5, 5.41) is 12.8. The van der Waals surface area contributed by atoms with Crippen LogP contribution in [-0.2, 0) is 0 Å². The van der Waals surface area contributed by atoms with Crippen molar-refractivity contribution >= 4 is 23.3 Å². The van der Waals surface area contributed by atoms with Crippen LogP contribution in [0.5, 0.6) is 0 Å². The minimum absolute atomic E-state index is 0.127. The van der Waals surface area contributed by atoms with Crippen LogP contribution in [0, 0.1) is 12.8 Å². The molecular formula is C14H20ClN3O2. The number of anilines is 1. The molecule has 5 nitrogen and oxygen atoms in total. The van der Waals surface area contributed by atoms with Gasteiger partial charge in [-0.2, -0.15) is 0 Å². The van der Waals surface area contributed by atoms with E-state index in [4.69, 9.17) is 11.6 Å². The fourth-order valence-electron chi connectivity index (χ4n) is 2.41. The molecule has 1 aliphatic heterocycles. The number of nitrogens with zero attached hydrogens (tertiary/aromatic N) is 2. The van der Waals surface area contributed by atoms with Crippen LogP contribution in [-0.4, -0.2) is 40.2 Å². The van der Waals surface area contributed by atoms with E-state index in [0.717, 1.165) is 18.4 Å². The first-order valence-electron chi connectivity index (χ1n) is 6.83. The normalized spacial score (nSPS) is 17.9. The molecule has 2 amide bonds. The average Bonchev–Trinajstić information content (AvgIpc) is 2.43. The second kappa shape index (κ2) is 6.41. The van der Waals surface area contributed by atoms with E-state index in [9.17, 15) is 9.90 Å². The van der Waals surface area contributed by atoms with Crippen molar-refractivity contribution in [3.8, 4) is 0 Å². The minimum atomic E-state index is -0.302. The molecule has 1 atom stereocenters. The van der Waals surface area contributed by atoms with Crippen LogP contribution >= 0.6 is 11.6 Å². The van der Waals surface area contributed by atoms with Crippen molar-refractivity contribution in [3.63, 3.8) is 0 Å². The van der Waals surface area contributed by atoms with Crippen molar-refractivity contribution in [1.82, 2.24) is 9.88 Å². The van der Waals surface area contributed by atoms with E-state index in [1.165, 1.54) is 0 Å². The minimum Gasteiger partial charge on any atom is -0.393 e. The van der Waals surface area contributed by atoms with Crippen molar-refractivity contribution in [3.05, 3.63) is 23.0 Å². The third-order valence-corrected chi connectivity index (χ3v) is 4.17. The number of amides is 2. The number of aryl methyl sites for hydroxylation is 1. The van der Waals surface area contributed by atoms with Gasteiger partial charge in [0.05, 0.1) is 18.0 Å². The summed E-state index contributed by atoms with van der Waals surface area (Å²) in [6.45, 7) is 4.99. The Labute approximate surface area is 123 Å². The zero-order valence-corrected chi connectivity index (χ0v) is 12.5. The van der Waals surface area contributed by atoms with Gasteiger partial charge in [-0.3, -0.25) is 0 Å². The van der Waals surface area contributed by atoms with Crippen molar-refractivity contribution in [2.45, 2.75) is 32.8 Å². The molecule has 2 heterocycles. The Bertz CT molecular complexity index is 485. The van der Waals surface area contributed by atoms with E-state index in [1.54, 1.807) is 17.2 Å². The smallest absolute Gasteiger partial charge is 0.321 e. The summed E-state index contributed by atoms with van der Waals surface area (Å²) in [6, 6.07) is 1.67. The lowest BCUT2D eigenvalue weighted by Crippen LogP contribution is -2.42. The molecule has 6 heteroatoms. The van der Waals surface area contributed by atoms with Gasteiger partial charge in [0, 0.05) is 13.1 Å². The molecule has 0 spiro atoms. The number of aliphatic hydroxyl groups excluding tert-OH is 1. The molecule has 0 radical (unpaired) electrons. The highest BCUT2D eigenvalue weighted by Crippen LogP contribution is 2.22. The first-order valence-corrected chi connectivity index (χ1v) is 7.21. The molecule has 1 saturated heterocycles. The Kier molecular flexibility index (Phi) is 4.83. The predicted molar refractivity (Wildman–Crippen MR) is 79.0 cm³/mol. The number of halogens is 1. The lowest BCUT2D eigenvalue weighted by Gasteiger charge is -2.33. The Hall–Kier alpha value is -1.33. The molecule has 1 unspecified atom stereocenters. The van der Waals surface area contributed by atoms with E-state index >= 15 is 0 Å². The van der Waals surface area contributed by atoms with E-state index < -0.39 is 0 Å². The van der Waals surface area contributed by atoms with Gasteiger partial charge in [-0.15, -0.1) is 0 Å². The highest BCUT2D eigenvalue weighted by Gasteiger charge is 2.25. The molecule has 0 bridgehead atoms. The Morgan fingerprint density at radius 1 is 1.55 bits per heavy atom. The number of hydrogen-bond acceptors (Lipinski definition) is 3. The molecule has 2 rings (SSSR count). The van der Waals surface area contributed by atoms with Crippen LogP contribution in [0.2, 0.25) is 5.15 Å². The number of carbonyl (C=O) groups is 1. The van der Waals surface area contributed by atoms with Gasteiger partial charge < -0.3 is 15.3 Å². The number of rotatable bonds is 2. The van der Waals surface area contributed by atoms with E-state index in [2.05, 4.69) is 10.3 Å². The number of urea groups is 1. The molecule has 1 aliphatic rings. The fourth-order valence-corrected chi connectivity index (χ4v) is 2.52. The van der Waals surface area contributed by atoms with Crippen molar-refractivity contribution < 1.29 is 9.90 Å². The Morgan fingerprint density at radius 2 is 2.20 bits per heavy atom. The van der Waals surface area contributed by atoms with Gasteiger partial charge >= 0.3 is 6.03 Å². The molecule has 0 aliphatic carbocycles. The van der Waals surface area contributed by atoms with Gasteiger partial charge in [-0.1, -0.05) is 11.6 Å². The summed E-state index contributed by atoms with van der Waals surface area (Å²) in [6.07, 6.45) is 2.92. The summed E-state index contributed by atoms with van der Waals surface area (Å²) >= 11 is 5.85. The van der Waals surface area contributed by atoms with Gasteiger partial charge in [-0.25, -0.2) is 9.78 Å². The summed E-state index contributed by atoms with van der Waals surface area (Å²) in [5.74, 6) is 0.290. The highest BCUT2D eigenvalue weighted by molar-refractivity contribution is 6.30. The zero-order valence-electron chi connectivity index (χ0n) is 11.8. The standard InChI is InChI=1S/C14H20ClN3O2/c1-9-7-12(8-16-13(9)15)17-14(20)18-5-3-11(4-6-18)10(2)19/h7-8,10-11,19H,3-6H2,1-2H3,(H,17,20). The molecule has 110 valence electrons. The maximum Gasteiger partial charge on any atom is 0.321 e. The predicted octanol–water partition coefficient (Wildman–Crippen LogP) is 2.67. The number of aliphatic hydroxyl groups is 1. The lowest BCUT2D eigenvalue weighted by atomic mass is 9.92. The highest BCUT2D eigenvalue weighted by atomic mass is 35.5. The number of piperidine rings is 1. The maximum absolute atomic E-state index is 12.1. The summed E-state index contributed by atoms with van der Waals surface area (Å²) in [5.41, 5.74) is 1.48. The molecule has 1 fully saturated rings. The molecule has 1 aromatic rings. The van der Waals surface area contributed by atoms with Gasteiger partial charge in [0.25, 0.3) is 0 Å². The van der Waals surface area contributed by atoms with Crippen LogP contribution in [0.15, 0.2) is 12.3 Å². The Balaban J connectivity index is 1.91. The third kappa shape index (κ3) is 3.61. The first-order chi connectivity index (χ1) is 9.47. The second-order valence-corrected chi connectivity index (χ2v) is 5.68. The number of aromatic nitrogens is 1. The van der Waals surface area contributed by atoms with Crippen molar-refractivity contribution in [1.29, 1.82) is 0 Å². The van der Waals surface area contributed by atoms with E-state index in [1.807, 2.05) is 13.8 Å².